The Morgan fingerprint density at radius 2 is 2.00 bits per heavy atom. The van der Waals surface area contributed by atoms with Gasteiger partial charge in [0.05, 0.1) is 11.6 Å². The number of fused-ring (bicyclic) bond motifs is 1. The van der Waals surface area contributed by atoms with Crippen LogP contribution in [0.1, 0.15) is 22.3 Å². The van der Waals surface area contributed by atoms with Crippen molar-refractivity contribution in [3.63, 3.8) is 0 Å². The number of nitrogens with one attached hydrogen (secondary N) is 1. The number of aryl methyl sites for hydroxylation is 1. The molecule has 0 spiro atoms. The van der Waals surface area contributed by atoms with Gasteiger partial charge in [0, 0.05) is 23.2 Å². The zero-order chi connectivity index (χ0) is 17.8. The number of carbonyl (C=O) groups excluding carboxylic acids is 1. The van der Waals surface area contributed by atoms with Crippen molar-refractivity contribution in [1.82, 2.24) is 15.6 Å². The van der Waals surface area contributed by atoms with Crippen LogP contribution in [0.5, 0.6) is 0 Å². The Bertz CT molecular complexity index is 1010. The van der Waals surface area contributed by atoms with Gasteiger partial charge in [0.15, 0.2) is 5.76 Å². The lowest BCUT2D eigenvalue weighted by molar-refractivity contribution is 0.0953. The van der Waals surface area contributed by atoms with E-state index in [2.05, 4.69) is 15.6 Å². The Hall–Kier alpha value is -3.41. The number of rotatable bonds is 6. The summed E-state index contributed by atoms with van der Waals surface area (Å²) in [5, 5.41) is 11.5. The van der Waals surface area contributed by atoms with Gasteiger partial charge in [-0.2, -0.15) is 0 Å². The SMILES string of the molecule is O=C(NCCCc1cnoc1)c1ccc2noc(-c3ccccc3)c2c1. The molecular formula is C20H17N3O3. The lowest BCUT2D eigenvalue weighted by atomic mass is 10.1. The van der Waals surface area contributed by atoms with Gasteiger partial charge < -0.3 is 14.4 Å². The van der Waals surface area contributed by atoms with Crippen LogP contribution >= 0.6 is 0 Å². The fraction of sp³-hybridized carbons (Fsp3) is 0.150. The molecule has 1 amide bonds. The summed E-state index contributed by atoms with van der Waals surface area (Å²) in [6, 6.07) is 15.1. The van der Waals surface area contributed by atoms with Gasteiger partial charge in [-0.3, -0.25) is 4.79 Å². The largest absolute Gasteiger partial charge is 0.364 e. The molecule has 0 aliphatic carbocycles. The maximum absolute atomic E-state index is 12.4. The molecule has 0 fully saturated rings. The molecule has 0 bridgehead atoms. The van der Waals surface area contributed by atoms with Crippen LogP contribution in [0.3, 0.4) is 0 Å². The molecule has 2 aromatic carbocycles. The second-order valence-corrected chi connectivity index (χ2v) is 6.00. The number of hydrogen-bond acceptors (Lipinski definition) is 5. The third-order valence-corrected chi connectivity index (χ3v) is 4.19. The maximum Gasteiger partial charge on any atom is 0.251 e. The molecule has 0 saturated carbocycles. The molecule has 0 atom stereocenters. The molecule has 0 radical (unpaired) electrons. The molecule has 6 nitrogen and oxygen atoms in total. The second kappa shape index (κ2) is 7.23. The third-order valence-electron chi connectivity index (χ3n) is 4.19. The molecular weight excluding hydrogens is 330 g/mol. The topological polar surface area (TPSA) is 81.2 Å². The van der Waals surface area contributed by atoms with Crippen molar-refractivity contribution in [1.29, 1.82) is 0 Å². The Morgan fingerprint density at radius 3 is 2.81 bits per heavy atom. The summed E-state index contributed by atoms with van der Waals surface area (Å²) in [7, 11) is 0. The van der Waals surface area contributed by atoms with E-state index in [4.69, 9.17) is 9.05 Å². The standard InChI is InChI=1S/C20H17N3O3/c24-20(21-10-4-5-14-12-22-25-13-14)16-8-9-18-17(11-16)19(26-23-18)15-6-2-1-3-7-15/h1-3,6-9,11-13H,4-5,10H2,(H,21,24). The van der Waals surface area contributed by atoms with Crippen molar-refractivity contribution in [2.75, 3.05) is 6.54 Å². The normalized spacial score (nSPS) is 10.9. The highest BCUT2D eigenvalue weighted by atomic mass is 16.5. The molecule has 6 heteroatoms. The van der Waals surface area contributed by atoms with Crippen molar-refractivity contribution in [2.45, 2.75) is 12.8 Å². The van der Waals surface area contributed by atoms with Crippen molar-refractivity contribution >= 4 is 16.8 Å². The Kier molecular flexibility index (Phi) is 4.47. The predicted octanol–water partition coefficient (Wildman–Crippen LogP) is 3.85. The van der Waals surface area contributed by atoms with Crippen LogP contribution in [-0.2, 0) is 6.42 Å². The zero-order valence-electron chi connectivity index (χ0n) is 14.0. The number of carbonyl (C=O) groups is 1. The van der Waals surface area contributed by atoms with E-state index in [1.165, 1.54) is 0 Å². The van der Waals surface area contributed by atoms with E-state index in [0.717, 1.165) is 34.9 Å². The first-order valence-corrected chi connectivity index (χ1v) is 8.42. The smallest absolute Gasteiger partial charge is 0.251 e. The summed E-state index contributed by atoms with van der Waals surface area (Å²) in [6.07, 6.45) is 4.93. The second-order valence-electron chi connectivity index (χ2n) is 6.00. The first kappa shape index (κ1) is 16.1. The molecule has 4 rings (SSSR count). The van der Waals surface area contributed by atoms with Gasteiger partial charge in [0.25, 0.3) is 5.91 Å². The summed E-state index contributed by atoms with van der Waals surface area (Å²) in [5.74, 6) is 0.556. The van der Waals surface area contributed by atoms with Crippen molar-refractivity contribution in [2.24, 2.45) is 0 Å². The van der Waals surface area contributed by atoms with Crippen LogP contribution in [0.15, 0.2) is 70.0 Å². The van der Waals surface area contributed by atoms with E-state index < -0.39 is 0 Å². The van der Waals surface area contributed by atoms with Gasteiger partial charge in [-0.1, -0.05) is 40.6 Å². The van der Waals surface area contributed by atoms with Crippen LogP contribution in [0.4, 0.5) is 0 Å². The predicted molar refractivity (Wildman–Crippen MR) is 96.6 cm³/mol. The fourth-order valence-electron chi connectivity index (χ4n) is 2.83. The molecule has 0 unspecified atom stereocenters. The highest BCUT2D eigenvalue weighted by molar-refractivity contribution is 6.00. The van der Waals surface area contributed by atoms with Crippen LogP contribution in [0.25, 0.3) is 22.2 Å². The minimum Gasteiger partial charge on any atom is -0.364 e. The number of aromatic nitrogens is 2. The van der Waals surface area contributed by atoms with Crippen LogP contribution in [-0.4, -0.2) is 22.8 Å². The fourth-order valence-corrected chi connectivity index (χ4v) is 2.83. The summed E-state index contributed by atoms with van der Waals surface area (Å²) in [6.45, 7) is 0.581. The summed E-state index contributed by atoms with van der Waals surface area (Å²) in [4.78, 5) is 12.4. The quantitative estimate of drug-likeness (QED) is 0.536. The molecule has 0 aliphatic heterocycles. The van der Waals surface area contributed by atoms with Crippen LogP contribution in [0.2, 0.25) is 0 Å². The van der Waals surface area contributed by atoms with Crippen LogP contribution < -0.4 is 5.32 Å². The summed E-state index contributed by atoms with van der Waals surface area (Å²) in [5.41, 5.74) is 3.27. The van der Waals surface area contributed by atoms with Gasteiger partial charge in [-0.25, -0.2) is 0 Å². The minimum absolute atomic E-state index is 0.113. The molecule has 4 aromatic rings. The monoisotopic (exact) mass is 347 g/mol. The van der Waals surface area contributed by atoms with E-state index in [1.807, 2.05) is 36.4 Å². The Balaban J connectivity index is 1.47. The first-order chi connectivity index (χ1) is 12.8. The molecule has 130 valence electrons. The lowest BCUT2D eigenvalue weighted by Crippen LogP contribution is -2.24. The Labute approximate surface area is 149 Å². The van der Waals surface area contributed by atoms with Gasteiger partial charge >= 0.3 is 0 Å². The van der Waals surface area contributed by atoms with Crippen LogP contribution in [0, 0.1) is 0 Å². The van der Waals surface area contributed by atoms with E-state index in [9.17, 15) is 4.79 Å². The molecule has 0 saturated heterocycles. The van der Waals surface area contributed by atoms with Gasteiger partial charge in [0.1, 0.15) is 11.8 Å². The molecule has 2 heterocycles. The average molecular weight is 347 g/mol. The molecule has 0 aliphatic rings. The highest BCUT2D eigenvalue weighted by Gasteiger charge is 2.13. The van der Waals surface area contributed by atoms with Crippen molar-refractivity contribution in [3.8, 4) is 11.3 Å². The molecule has 2 aromatic heterocycles. The van der Waals surface area contributed by atoms with E-state index >= 15 is 0 Å². The number of hydrogen-bond donors (Lipinski definition) is 1. The van der Waals surface area contributed by atoms with Gasteiger partial charge in [0.2, 0.25) is 0 Å². The summed E-state index contributed by atoms with van der Waals surface area (Å²) < 4.78 is 10.3. The number of nitrogens with zero attached hydrogens (tertiary/aromatic N) is 2. The maximum atomic E-state index is 12.4. The highest BCUT2D eigenvalue weighted by Crippen LogP contribution is 2.29. The van der Waals surface area contributed by atoms with Crippen molar-refractivity contribution in [3.05, 3.63) is 72.1 Å². The average Bonchev–Trinajstić information content (AvgIpc) is 3.35. The van der Waals surface area contributed by atoms with Gasteiger partial charge in [-0.15, -0.1) is 0 Å². The Morgan fingerprint density at radius 1 is 1.12 bits per heavy atom. The third kappa shape index (κ3) is 3.35. The van der Waals surface area contributed by atoms with Crippen molar-refractivity contribution < 1.29 is 13.8 Å². The zero-order valence-corrected chi connectivity index (χ0v) is 14.0. The van der Waals surface area contributed by atoms with Gasteiger partial charge in [-0.05, 0) is 31.0 Å². The minimum atomic E-state index is -0.113. The number of amides is 1. The molecule has 26 heavy (non-hydrogen) atoms. The number of benzene rings is 2. The summed E-state index contributed by atoms with van der Waals surface area (Å²) >= 11 is 0. The lowest BCUT2D eigenvalue weighted by Gasteiger charge is -2.05. The molecule has 1 N–H and O–H groups in total. The van der Waals surface area contributed by atoms with E-state index in [1.54, 1.807) is 24.6 Å². The first-order valence-electron chi connectivity index (χ1n) is 8.42. The van der Waals surface area contributed by atoms with E-state index in [-0.39, 0.29) is 5.91 Å². The van der Waals surface area contributed by atoms with E-state index in [0.29, 0.717) is 17.9 Å².